The zero-order chi connectivity index (χ0) is 27.6. The molecule has 0 radical (unpaired) electrons. The van der Waals surface area contributed by atoms with E-state index in [4.69, 9.17) is 9.98 Å². The first-order chi connectivity index (χ1) is 20.1. The number of hydrogen-bond acceptors (Lipinski definition) is 3. The van der Waals surface area contributed by atoms with Gasteiger partial charge in [0.05, 0.1) is 11.3 Å². The number of amidine groups is 1. The Balaban J connectivity index is 1.32. The van der Waals surface area contributed by atoms with Crippen molar-refractivity contribution in [3.05, 3.63) is 163 Å². The van der Waals surface area contributed by atoms with Crippen molar-refractivity contribution in [2.75, 3.05) is 0 Å². The van der Waals surface area contributed by atoms with Gasteiger partial charge in [0, 0.05) is 24.4 Å². The number of aromatic nitrogens is 1. The summed E-state index contributed by atoms with van der Waals surface area (Å²) in [7, 11) is 0. The van der Waals surface area contributed by atoms with Gasteiger partial charge in [-0.05, 0) is 75.3 Å². The van der Waals surface area contributed by atoms with Crippen molar-refractivity contribution in [1.82, 2.24) is 4.98 Å². The summed E-state index contributed by atoms with van der Waals surface area (Å²) >= 11 is 0. The molecule has 3 heteroatoms. The van der Waals surface area contributed by atoms with Crippen molar-refractivity contribution in [3.8, 4) is 22.3 Å². The molecule has 0 amide bonds. The molecule has 0 spiro atoms. The average Bonchev–Trinajstić information content (AvgIpc) is 3.05. The fourth-order valence-electron chi connectivity index (χ4n) is 5.66. The minimum absolute atomic E-state index is 0.487. The quantitative estimate of drug-likeness (QED) is 0.220. The molecule has 1 aromatic heterocycles. The lowest BCUT2D eigenvalue weighted by molar-refractivity contribution is 0.515. The smallest absolute Gasteiger partial charge is 0.155 e. The van der Waals surface area contributed by atoms with Crippen molar-refractivity contribution in [3.63, 3.8) is 0 Å². The zero-order valence-corrected chi connectivity index (χ0v) is 22.9. The molecule has 0 fully saturated rings. The zero-order valence-electron chi connectivity index (χ0n) is 22.9. The summed E-state index contributed by atoms with van der Waals surface area (Å²) in [5.74, 6) is 0.761. The lowest BCUT2D eigenvalue weighted by Gasteiger charge is -2.31. The monoisotopic (exact) mass is 527 g/mol. The summed E-state index contributed by atoms with van der Waals surface area (Å²) in [5.41, 5.74) is 8.46. The van der Waals surface area contributed by atoms with Gasteiger partial charge >= 0.3 is 0 Å². The van der Waals surface area contributed by atoms with Gasteiger partial charge in [0.1, 0.15) is 0 Å². The van der Waals surface area contributed by atoms with Crippen LogP contribution in [0.25, 0.3) is 33.0 Å². The predicted octanol–water partition coefficient (Wildman–Crippen LogP) is 9.12. The first-order valence-electron chi connectivity index (χ1n) is 14.0. The fraction of sp³-hybridized carbons (Fsp3) is 0.0789. The highest BCUT2D eigenvalue weighted by molar-refractivity contribution is 6.14. The molecule has 0 aliphatic carbocycles. The second kappa shape index (κ2) is 10.4. The van der Waals surface area contributed by atoms with Gasteiger partial charge in [-0.15, -0.1) is 0 Å². The van der Waals surface area contributed by atoms with Gasteiger partial charge in [0.15, 0.2) is 5.84 Å². The van der Waals surface area contributed by atoms with Crippen LogP contribution in [0.5, 0.6) is 0 Å². The molecule has 0 saturated heterocycles. The molecule has 1 aliphatic rings. The third kappa shape index (κ3) is 4.99. The van der Waals surface area contributed by atoms with Crippen LogP contribution in [0, 0.1) is 0 Å². The van der Waals surface area contributed by atoms with E-state index in [1.807, 2.05) is 30.5 Å². The van der Waals surface area contributed by atoms with Crippen LogP contribution in [0.2, 0.25) is 0 Å². The van der Waals surface area contributed by atoms with E-state index in [1.165, 1.54) is 21.9 Å². The molecule has 3 nitrogen and oxygen atoms in total. The van der Waals surface area contributed by atoms with Crippen LogP contribution in [0.3, 0.4) is 0 Å². The summed E-state index contributed by atoms with van der Waals surface area (Å²) < 4.78 is 0. The molecular formula is C38H29N3. The highest BCUT2D eigenvalue weighted by Crippen LogP contribution is 2.37. The van der Waals surface area contributed by atoms with E-state index in [0.29, 0.717) is 6.42 Å². The molecule has 7 rings (SSSR count). The van der Waals surface area contributed by atoms with E-state index in [0.717, 1.165) is 39.4 Å². The molecule has 196 valence electrons. The molecule has 1 unspecified atom stereocenters. The lowest BCUT2D eigenvalue weighted by Crippen LogP contribution is -2.30. The Labute approximate surface area is 240 Å². The van der Waals surface area contributed by atoms with Crippen LogP contribution in [-0.4, -0.2) is 16.5 Å². The van der Waals surface area contributed by atoms with Gasteiger partial charge in [0.2, 0.25) is 0 Å². The van der Waals surface area contributed by atoms with Gasteiger partial charge in [-0.2, -0.15) is 0 Å². The van der Waals surface area contributed by atoms with Crippen LogP contribution < -0.4 is 0 Å². The van der Waals surface area contributed by atoms with Crippen molar-refractivity contribution in [1.29, 1.82) is 0 Å². The molecule has 41 heavy (non-hydrogen) atoms. The predicted molar refractivity (Wildman–Crippen MR) is 171 cm³/mol. The largest absolute Gasteiger partial charge is 0.264 e. The van der Waals surface area contributed by atoms with Crippen LogP contribution >= 0.6 is 0 Å². The van der Waals surface area contributed by atoms with E-state index in [1.54, 1.807) is 6.20 Å². The first kappa shape index (κ1) is 24.9. The van der Waals surface area contributed by atoms with Crippen LogP contribution in [0.4, 0.5) is 0 Å². The van der Waals surface area contributed by atoms with Gasteiger partial charge in [0.25, 0.3) is 0 Å². The summed E-state index contributed by atoms with van der Waals surface area (Å²) in [5, 5.41) is 2.49. The fourth-order valence-corrected chi connectivity index (χ4v) is 5.66. The Bertz CT molecular complexity index is 1920. The maximum absolute atomic E-state index is 5.29. The number of fused-ring (bicyclic) bond motifs is 1. The third-order valence-corrected chi connectivity index (χ3v) is 7.90. The van der Waals surface area contributed by atoms with E-state index in [2.05, 4.69) is 121 Å². The van der Waals surface area contributed by atoms with Gasteiger partial charge < -0.3 is 0 Å². The molecule has 0 bridgehead atoms. The number of rotatable bonds is 5. The van der Waals surface area contributed by atoms with Crippen LogP contribution in [0.15, 0.2) is 156 Å². The van der Waals surface area contributed by atoms with Crippen LogP contribution in [-0.2, 0) is 5.54 Å². The van der Waals surface area contributed by atoms with Crippen molar-refractivity contribution < 1.29 is 0 Å². The van der Waals surface area contributed by atoms with Gasteiger partial charge in [-0.1, -0.05) is 109 Å². The SMILES string of the molecule is CC1(c2cccc(-c3cccnc3)c2)CC(c2cccc(-c3ccc4ccccc4c3)c2)=NC(c2ccccc2)=N1. The molecule has 0 saturated carbocycles. The van der Waals surface area contributed by atoms with Gasteiger partial charge in [-0.3, -0.25) is 9.98 Å². The molecule has 5 aromatic carbocycles. The Morgan fingerprint density at radius 3 is 2.05 bits per heavy atom. The maximum Gasteiger partial charge on any atom is 0.155 e. The third-order valence-electron chi connectivity index (χ3n) is 7.90. The van der Waals surface area contributed by atoms with Crippen molar-refractivity contribution >= 4 is 22.3 Å². The van der Waals surface area contributed by atoms with Crippen molar-refractivity contribution in [2.24, 2.45) is 9.98 Å². The molecule has 1 aliphatic heterocycles. The van der Waals surface area contributed by atoms with Gasteiger partial charge in [-0.25, -0.2) is 4.99 Å². The minimum Gasteiger partial charge on any atom is -0.264 e. The number of nitrogens with zero attached hydrogens (tertiary/aromatic N) is 3. The topological polar surface area (TPSA) is 37.6 Å². The second-order valence-corrected chi connectivity index (χ2v) is 10.8. The molecule has 6 aromatic rings. The Morgan fingerprint density at radius 1 is 0.537 bits per heavy atom. The highest BCUT2D eigenvalue weighted by Gasteiger charge is 2.33. The summed E-state index contributed by atoms with van der Waals surface area (Å²) in [6, 6.07) is 47.0. The Kier molecular flexibility index (Phi) is 6.33. The highest BCUT2D eigenvalue weighted by atomic mass is 15.0. The Hall–Kier alpha value is -5.15. The summed E-state index contributed by atoms with van der Waals surface area (Å²) in [4.78, 5) is 14.8. The Morgan fingerprint density at radius 2 is 1.22 bits per heavy atom. The normalized spacial score (nSPS) is 16.7. The standard InChI is InChI=1S/C38H29N3/c1-38(35-18-8-15-31(24-35)34-17-9-21-39-26-34)25-36(40-37(41-38)28-11-3-2-4-12-28)33-16-7-14-30(23-33)32-20-19-27-10-5-6-13-29(27)22-32/h2-24,26H,25H2,1H3. The molecule has 1 atom stereocenters. The average molecular weight is 528 g/mol. The van der Waals surface area contributed by atoms with Crippen molar-refractivity contribution in [2.45, 2.75) is 18.9 Å². The minimum atomic E-state index is -0.487. The maximum atomic E-state index is 5.29. The summed E-state index contributed by atoms with van der Waals surface area (Å²) in [6.07, 6.45) is 4.41. The van der Waals surface area contributed by atoms with E-state index in [-0.39, 0.29) is 0 Å². The van der Waals surface area contributed by atoms with Crippen LogP contribution in [0.1, 0.15) is 30.0 Å². The molecule has 2 heterocycles. The lowest BCUT2D eigenvalue weighted by atomic mass is 9.82. The molecular weight excluding hydrogens is 498 g/mol. The second-order valence-electron chi connectivity index (χ2n) is 10.8. The van der Waals surface area contributed by atoms with E-state index in [9.17, 15) is 0 Å². The first-order valence-corrected chi connectivity index (χ1v) is 14.0. The number of hydrogen-bond donors (Lipinski definition) is 0. The van der Waals surface area contributed by atoms with E-state index < -0.39 is 5.54 Å². The number of benzene rings is 5. The number of aliphatic imine (C=N–C) groups is 2. The summed E-state index contributed by atoms with van der Waals surface area (Å²) in [6.45, 7) is 2.22. The number of pyridine rings is 1. The van der Waals surface area contributed by atoms with E-state index >= 15 is 0 Å². The molecule has 0 N–H and O–H groups in total.